The van der Waals surface area contributed by atoms with Gasteiger partial charge in [0.15, 0.2) is 0 Å². The molecule has 0 aliphatic carbocycles. The SMILES string of the molecule is O=C(CCCC[C@@H]1SC[C@@H]2NCN[C@@H]21)NCCc1ccc(O)cc1. The van der Waals surface area contributed by atoms with Gasteiger partial charge >= 0.3 is 0 Å². The molecule has 3 rings (SSSR count). The van der Waals surface area contributed by atoms with Gasteiger partial charge in [0.2, 0.25) is 5.91 Å². The molecule has 1 amide bonds. The highest BCUT2D eigenvalue weighted by Crippen LogP contribution is 2.32. The summed E-state index contributed by atoms with van der Waals surface area (Å²) >= 11 is 2.06. The fourth-order valence-corrected chi connectivity index (χ4v) is 5.06. The molecule has 4 N–H and O–H groups in total. The van der Waals surface area contributed by atoms with E-state index < -0.39 is 0 Å². The Kier molecular flexibility index (Phi) is 6.40. The number of hydrogen-bond donors (Lipinski definition) is 4. The highest BCUT2D eigenvalue weighted by molar-refractivity contribution is 8.00. The molecule has 0 bridgehead atoms. The highest BCUT2D eigenvalue weighted by Gasteiger charge is 2.38. The van der Waals surface area contributed by atoms with E-state index in [1.54, 1.807) is 12.1 Å². The first kappa shape index (κ1) is 17.6. The summed E-state index contributed by atoms with van der Waals surface area (Å²) in [7, 11) is 0. The van der Waals surface area contributed by atoms with E-state index in [1.165, 1.54) is 12.2 Å². The molecule has 132 valence electrons. The minimum atomic E-state index is 0.145. The summed E-state index contributed by atoms with van der Waals surface area (Å²) in [5, 5.41) is 19.9. The van der Waals surface area contributed by atoms with Crippen LogP contribution < -0.4 is 16.0 Å². The first-order valence-corrected chi connectivity index (χ1v) is 9.90. The number of phenols is 1. The smallest absolute Gasteiger partial charge is 0.220 e. The van der Waals surface area contributed by atoms with Crippen molar-refractivity contribution in [3.05, 3.63) is 29.8 Å². The number of fused-ring (bicyclic) bond motifs is 1. The van der Waals surface area contributed by atoms with Gasteiger partial charge in [0, 0.05) is 42.7 Å². The van der Waals surface area contributed by atoms with Crippen LogP contribution in [0.2, 0.25) is 0 Å². The molecule has 1 aromatic carbocycles. The lowest BCUT2D eigenvalue weighted by atomic mass is 10.0. The first-order valence-electron chi connectivity index (χ1n) is 8.85. The molecule has 0 unspecified atom stereocenters. The molecule has 0 aromatic heterocycles. The molecule has 1 aromatic rings. The number of phenolic OH excluding ortho intramolecular Hbond substituents is 1. The van der Waals surface area contributed by atoms with Crippen LogP contribution >= 0.6 is 11.8 Å². The zero-order valence-corrected chi connectivity index (χ0v) is 14.8. The van der Waals surface area contributed by atoms with Crippen LogP contribution in [0.3, 0.4) is 0 Å². The minimum absolute atomic E-state index is 0.145. The van der Waals surface area contributed by atoms with Gasteiger partial charge in [0.05, 0.1) is 0 Å². The molecule has 0 saturated carbocycles. The van der Waals surface area contributed by atoms with Gasteiger partial charge in [0.25, 0.3) is 0 Å². The Morgan fingerprint density at radius 3 is 2.92 bits per heavy atom. The van der Waals surface area contributed by atoms with E-state index in [2.05, 4.69) is 27.7 Å². The van der Waals surface area contributed by atoms with Gasteiger partial charge < -0.3 is 10.4 Å². The van der Waals surface area contributed by atoms with Crippen molar-refractivity contribution >= 4 is 17.7 Å². The van der Waals surface area contributed by atoms with Crippen molar-refractivity contribution < 1.29 is 9.90 Å². The van der Waals surface area contributed by atoms with E-state index in [9.17, 15) is 9.90 Å². The largest absolute Gasteiger partial charge is 0.508 e. The van der Waals surface area contributed by atoms with Crippen molar-refractivity contribution in [2.75, 3.05) is 19.0 Å². The lowest BCUT2D eigenvalue weighted by molar-refractivity contribution is -0.121. The Hall–Kier alpha value is -1.24. The Balaban J connectivity index is 1.24. The van der Waals surface area contributed by atoms with Crippen LogP contribution in [0.15, 0.2) is 24.3 Å². The van der Waals surface area contributed by atoms with Gasteiger partial charge in [-0.05, 0) is 37.0 Å². The van der Waals surface area contributed by atoms with E-state index in [1.807, 2.05) is 12.1 Å². The van der Waals surface area contributed by atoms with Gasteiger partial charge in [-0.25, -0.2) is 0 Å². The number of thioether (sulfide) groups is 1. The third kappa shape index (κ3) is 4.88. The average Bonchev–Trinajstić information content (AvgIpc) is 3.18. The summed E-state index contributed by atoms with van der Waals surface area (Å²) in [5.41, 5.74) is 1.12. The number of nitrogens with one attached hydrogen (secondary N) is 3. The second kappa shape index (κ2) is 8.74. The number of hydrogen-bond acceptors (Lipinski definition) is 5. The van der Waals surface area contributed by atoms with Gasteiger partial charge in [-0.15, -0.1) is 0 Å². The summed E-state index contributed by atoms with van der Waals surface area (Å²) in [6, 6.07) is 8.40. The van der Waals surface area contributed by atoms with Crippen LogP contribution in [0, 0.1) is 0 Å². The Labute approximate surface area is 148 Å². The molecule has 6 heteroatoms. The number of carbonyl (C=O) groups excluding carboxylic acids is 1. The van der Waals surface area contributed by atoms with Crippen molar-refractivity contribution in [1.29, 1.82) is 0 Å². The minimum Gasteiger partial charge on any atom is -0.508 e. The Morgan fingerprint density at radius 1 is 1.25 bits per heavy atom. The highest BCUT2D eigenvalue weighted by atomic mass is 32.2. The predicted molar refractivity (Wildman–Crippen MR) is 98.2 cm³/mol. The van der Waals surface area contributed by atoms with Crippen molar-refractivity contribution in [3.8, 4) is 5.75 Å². The summed E-state index contributed by atoms with van der Waals surface area (Å²) < 4.78 is 0. The summed E-state index contributed by atoms with van der Waals surface area (Å²) in [4.78, 5) is 11.9. The molecule has 2 saturated heterocycles. The molecule has 5 nitrogen and oxygen atoms in total. The van der Waals surface area contributed by atoms with E-state index in [0.717, 1.165) is 31.5 Å². The second-order valence-corrected chi connectivity index (χ2v) is 7.87. The maximum atomic E-state index is 11.9. The summed E-state index contributed by atoms with van der Waals surface area (Å²) in [6.07, 6.45) is 4.70. The molecule has 2 heterocycles. The van der Waals surface area contributed by atoms with Crippen LogP contribution in [0.1, 0.15) is 31.2 Å². The maximum absolute atomic E-state index is 11.9. The van der Waals surface area contributed by atoms with E-state index in [-0.39, 0.29) is 11.7 Å². The van der Waals surface area contributed by atoms with Crippen LogP contribution in [0.25, 0.3) is 0 Å². The van der Waals surface area contributed by atoms with E-state index >= 15 is 0 Å². The third-order valence-electron chi connectivity index (χ3n) is 4.84. The topological polar surface area (TPSA) is 73.4 Å². The van der Waals surface area contributed by atoms with Crippen molar-refractivity contribution in [2.45, 2.75) is 49.4 Å². The number of amides is 1. The maximum Gasteiger partial charge on any atom is 0.220 e. The number of rotatable bonds is 8. The first-order chi connectivity index (χ1) is 11.7. The standard InChI is InChI=1S/C18H27N3O2S/c22-14-7-5-13(6-8-14)9-10-19-17(23)4-2-1-3-16-18-15(11-24-16)20-12-21-18/h5-8,15-16,18,20-22H,1-4,9-12H2,(H,19,23)/t15-,16-,18-/m0/s1. The molecule has 2 aliphatic heterocycles. The number of carbonyl (C=O) groups is 1. The van der Waals surface area contributed by atoms with E-state index in [4.69, 9.17) is 0 Å². The zero-order chi connectivity index (χ0) is 16.8. The Bertz CT molecular complexity index is 538. The van der Waals surface area contributed by atoms with Crippen molar-refractivity contribution in [1.82, 2.24) is 16.0 Å². The molecule has 24 heavy (non-hydrogen) atoms. The summed E-state index contributed by atoms with van der Waals surface area (Å²) in [6.45, 7) is 1.59. The third-order valence-corrected chi connectivity index (χ3v) is 6.35. The molecule has 3 atom stereocenters. The molecular weight excluding hydrogens is 322 g/mol. The fourth-order valence-electron chi connectivity index (χ4n) is 3.45. The number of aromatic hydroxyl groups is 1. The van der Waals surface area contributed by atoms with Gasteiger partial charge in [0.1, 0.15) is 5.75 Å². The number of unbranched alkanes of at least 4 members (excludes halogenated alkanes) is 1. The van der Waals surface area contributed by atoms with Crippen LogP contribution in [-0.4, -0.2) is 47.3 Å². The Morgan fingerprint density at radius 2 is 2.08 bits per heavy atom. The van der Waals surface area contributed by atoms with Gasteiger partial charge in [-0.2, -0.15) is 11.8 Å². The monoisotopic (exact) mass is 349 g/mol. The van der Waals surface area contributed by atoms with Crippen LogP contribution in [0.5, 0.6) is 5.75 Å². The molecule has 2 aliphatic rings. The molecule has 0 spiro atoms. The lowest BCUT2D eigenvalue weighted by Crippen LogP contribution is -2.36. The molecular formula is C18H27N3O2S. The van der Waals surface area contributed by atoms with Crippen LogP contribution in [0.4, 0.5) is 0 Å². The van der Waals surface area contributed by atoms with Crippen molar-refractivity contribution in [3.63, 3.8) is 0 Å². The van der Waals surface area contributed by atoms with Crippen LogP contribution in [-0.2, 0) is 11.2 Å². The van der Waals surface area contributed by atoms with E-state index in [0.29, 0.717) is 30.3 Å². The quantitative estimate of drug-likeness (QED) is 0.537. The zero-order valence-electron chi connectivity index (χ0n) is 14.0. The fraction of sp³-hybridized carbons (Fsp3) is 0.611. The predicted octanol–water partition coefficient (Wildman–Crippen LogP) is 1.61. The lowest BCUT2D eigenvalue weighted by Gasteiger charge is -2.17. The normalized spacial score (nSPS) is 25.6. The van der Waals surface area contributed by atoms with Crippen molar-refractivity contribution in [2.24, 2.45) is 0 Å². The average molecular weight is 350 g/mol. The summed E-state index contributed by atoms with van der Waals surface area (Å²) in [5.74, 6) is 1.63. The number of benzene rings is 1. The molecule has 2 fully saturated rings. The van der Waals surface area contributed by atoms with Gasteiger partial charge in [-0.1, -0.05) is 18.6 Å². The molecule has 0 radical (unpaired) electrons. The van der Waals surface area contributed by atoms with Gasteiger partial charge in [-0.3, -0.25) is 15.4 Å². The second-order valence-electron chi connectivity index (χ2n) is 6.60.